The Kier molecular flexibility index (Phi) is 4.55. The zero-order chi connectivity index (χ0) is 19.7. The first-order valence-corrected chi connectivity index (χ1v) is 8.71. The van der Waals surface area contributed by atoms with Crippen molar-refractivity contribution in [1.82, 2.24) is 25.1 Å². The highest BCUT2D eigenvalue weighted by Gasteiger charge is 2.26. The molecule has 1 fully saturated rings. The summed E-state index contributed by atoms with van der Waals surface area (Å²) in [4.78, 5) is 23.0. The molecule has 10 nitrogen and oxygen atoms in total. The van der Waals surface area contributed by atoms with Crippen molar-refractivity contribution >= 4 is 23.3 Å². The topological polar surface area (TPSA) is 135 Å². The molecule has 0 amide bonds. The van der Waals surface area contributed by atoms with E-state index in [2.05, 4.69) is 35.8 Å². The first kappa shape index (κ1) is 17.8. The summed E-state index contributed by atoms with van der Waals surface area (Å²) >= 11 is 0. The van der Waals surface area contributed by atoms with E-state index in [1.165, 1.54) is 6.07 Å². The number of nitro groups is 1. The molecule has 11 heteroatoms. The lowest BCUT2D eigenvalue weighted by Crippen LogP contribution is -2.12. The van der Waals surface area contributed by atoms with Crippen molar-refractivity contribution in [1.29, 1.82) is 0 Å². The first-order valence-electron chi connectivity index (χ1n) is 8.71. The molecule has 144 valence electrons. The largest absolute Gasteiger partial charge is 0.346 e. The summed E-state index contributed by atoms with van der Waals surface area (Å²) < 4.78 is 13.0. The van der Waals surface area contributed by atoms with Crippen LogP contribution < -0.4 is 10.6 Å². The van der Waals surface area contributed by atoms with E-state index in [1.807, 2.05) is 6.07 Å². The lowest BCUT2D eigenvalue weighted by molar-refractivity contribution is -0.384. The van der Waals surface area contributed by atoms with Crippen LogP contribution in [-0.4, -0.2) is 30.1 Å². The Balaban J connectivity index is 1.55. The lowest BCUT2D eigenvalue weighted by atomic mass is 10.2. The molecule has 1 atom stereocenters. The fraction of sp³-hybridized carbons (Fsp3) is 0.294. The van der Waals surface area contributed by atoms with Crippen LogP contribution >= 0.6 is 0 Å². The predicted octanol–water partition coefficient (Wildman–Crippen LogP) is 3.44. The minimum absolute atomic E-state index is 0.0237. The Morgan fingerprint density at radius 1 is 1.32 bits per heavy atom. The zero-order valence-electron chi connectivity index (χ0n) is 14.9. The third kappa shape index (κ3) is 3.87. The van der Waals surface area contributed by atoms with Gasteiger partial charge in [-0.2, -0.15) is 10.1 Å². The maximum atomic E-state index is 13.0. The summed E-state index contributed by atoms with van der Waals surface area (Å²) in [5, 5.41) is 24.3. The molecule has 28 heavy (non-hydrogen) atoms. The Labute approximate surface area is 158 Å². The number of rotatable bonds is 7. The Hall–Kier alpha value is -3.63. The number of hydrogen-bond donors (Lipinski definition) is 3. The number of nitrogens with one attached hydrogen (secondary N) is 3. The fourth-order valence-electron chi connectivity index (χ4n) is 2.71. The quantitative estimate of drug-likeness (QED) is 0.416. The van der Waals surface area contributed by atoms with Crippen LogP contribution in [0, 0.1) is 15.9 Å². The van der Waals surface area contributed by atoms with E-state index in [0.29, 0.717) is 17.4 Å². The van der Waals surface area contributed by atoms with Gasteiger partial charge in [0.25, 0.3) is 0 Å². The monoisotopic (exact) mass is 384 g/mol. The molecule has 1 saturated carbocycles. The van der Waals surface area contributed by atoms with E-state index in [4.69, 9.17) is 0 Å². The van der Waals surface area contributed by atoms with Crippen LogP contribution in [-0.2, 0) is 0 Å². The van der Waals surface area contributed by atoms with Gasteiger partial charge in [0.05, 0.1) is 22.9 Å². The van der Waals surface area contributed by atoms with Gasteiger partial charge in [-0.25, -0.2) is 9.37 Å². The molecule has 0 spiro atoms. The summed E-state index contributed by atoms with van der Waals surface area (Å²) in [6, 6.07) is 4.34. The molecular weight excluding hydrogens is 367 g/mol. The predicted molar refractivity (Wildman–Crippen MR) is 98.8 cm³/mol. The van der Waals surface area contributed by atoms with Gasteiger partial charge in [0.15, 0.2) is 5.82 Å². The van der Waals surface area contributed by atoms with Crippen molar-refractivity contribution in [3.8, 4) is 0 Å². The van der Waals surface area contributed by atoms with Gasteiger partial charge in [-0.3, -0.25) is 20.2 Å². The molecule has 1 aliphatic carbocycles. The van der Waals surface area contributed by atoms with Gasteiger partial charge in [-0.05, 0) is 31.9 Å². The molecule has 3 aromatic heterocycles. The van der Waals surface area contributed by atoms with Crippen molar-refractivity contribution in [3.05, 3.63) is 57.9 Å². The summed E-state index contributed by atoms with van der Waals surface area (Å²) in [6.07, 6.45) is 4.46. The van der Waals surface area contributed by atoms with Crippen LogP contribution in [0.5, 0.6) is 0 Å². The number of halogens is 1. The van der Waals surface area contributed by atoms with Crippen LogP contribution in [0.2, 0.25) is 0 Å². The molecule has 1 aliphatic rings. The van der Waals surface area contributed by atoms with Crippen molar-refractivity contribution in [3.63, 3.8) is 0 Å². The number of pyridine rings is 1. The summed E-state index contributed by atoms with van der Waals surface area (Å²) in [5.41, 5.74) is 1.31. The van der Waals surface area contributed by atoms with Crippen LogP contribution in [0.25, 0.3) is 0 Å². The Morgan fingerprint density at radius 2 is 2.14 bits per heavy atom. The maximum absolute atomic E-state index is 13.0. The maximum Gasteiger partial charge on any atom is 0.330 e. The summed E-state index contributed by atoms with van der Waals surface area (Å²) in [5.74, 6) is 0.687. The number of aromatic nitrogens is 5. The van der Waals surface area contributed by atoms with Crippen molar-refractivity contribution in [2.45, 2.75) is 31.7 Å². The molecule has 0 radical (unpaired) electrons. The molecule has 0 saturated heterocycles. The van der Waals surface area contributed by atoms with Gasteiger partial charge in [0.1, 0.15) is 12.0 Å². The molecule has 4 rings (SSSR count). The molecule has 0 aliphatic heterocycles. The van der Waals surface area contributed by atoms with Crippen LogP contribution in [0.4, 0.5) is 27.7 Å². The van der Waals surface area contributed by atoms with Crippen molar-refractivity contribution in [2.24, 2.45) is 0 Å². The second kappa shape index (κ2) is 7.18. The SMILES string of the molecule is C[C@H](Nc1ncc([N+](=O)[O-])c(Nc2cc(C3CC3)[nH]n2)n1)c1ccc(F)cn1. The van der Waals surface area contributed by atoms with Gasteiger partial charge in [-0.1, -0.05) is 0 Å². The minimum atomic E-state index is -0.564. The van der Waals surface area contributed by atoms with E-state index in [0.717, 1.165) is 30.9 Å². The van der Waals surface area contributed by atoms with E-state index in [1.54, 1.807) is 13.0 Å². The zero-order valence-corrected chi connectivity index (χ0v) is 14.9. The van der Waals surface area contributed by atoms with Gasteiger partial charge < -0.3 is 10.6 Å². The number of nitrogens with zero attached hydrogens (tertiary/aromatic N) is 5. The first-order chi connectivity index (χ1) is 13.5. The van der Waals surface area contributed by atoms with E-state index in [9.17, 15) is 14.5 Å². The van der Waals surface area contributed by atoms with Crippen molar-refractivity contribution in [2.75, 3.05) is 10.6 Å². The third-order valence-corrected chi connectivity index (χ3v) is 4.37. The number of H-pyrrole nitrogens is 1. The Bertz CT molecular complexity index is 1000. The normalized spacial score (nSPS) is 14.5. The van der Waals surface area contributed by atoms with E-state index >= 15 is 0 Å². The highest BCUT2D eigenvalue weighted by atomic mass is 19.1. The van der Waals surface area contributed by atoms with Gasteiger partial charge in [0.2, 0.25) is 11.8 Å². The Morgan fingerprint density at radius 3 is 2.82 bits per heavy atom. The average Bonchev–Trinajstić information content (AvgIpc) is 3.42. The molecule has 3 aromatic rings. The van der Waals surface area contributed by atoms with E-state index < -0.39 is 10.7 Å². The molecule has 0 bridgehead atoms. The number of aromatic amines is 1. The van der Waals surface area contributed by atoms with Gasteiger partial charge in [-0.15, -0.1) is 0 Å². The molecule has 3 heterocycles. The smallest absolute Gasteiger partial charge is 0.330 e. The van der Waals surface area contributed by atoms with Gasteiger partial charge in [0, 0.05) is 17.7 Å². The standard InChI is InChI=1S/C17H17FN8O2/c1-9(12-5-4-11(18)7-19-12)21-17-20-8-14(26(27)28)16(23-17)22-15-6-13(24-25-15)10-2-3-10/h4-10H,2-3H2,1H3,(H3,20,21,22,23,24,25)/t9-/m0/s1. The van der Waals surface area contributed by atoms with Crippen LogP contribution in [0.1, 0.15) is 43.1 Å². The lowest BCUT2D eigenvalue weighted by Gasteiger charge is -2.13. The molecule has 0 unspecified atom stereocenters. The molecule has 0 aromatic carbocycles. The summed E-state index contributed by atoms with van der Waals surface area (Å²) in [6.45, 7) is 1.80. The average molecular weight is 384 g/mol. The molecular formula is C17H17FN8O2. The number of hydrogen-bond acceptors (Lipinski definition) is 8. The highest BCUT2D eigenvalue weighted by molar-refractivity contribution is 5.64. The second-order valence-electron chi connectivity index (χ2n) is 6.56. The van der Waals surface area contributed by atoms with E-state index in [-0.39, 0.29) is 23.5 Å². The van der Waals surface area contributed by atoms with Crippen molar-refractivity contribution < 1.29 is 9.31 Å². The number of anilines is 3. The molecule has 3 N–H and O–H groups in total. The third-order valence-electron chi connectivity index (χ3n) is 4.37. The van der Waals surface area contributed by atoms with Crippen LogP contribution in [0.3, 0.4) is 0 Å². The van der Waals surface area contributed by atoms with Crippen LogP contribution in [0.15, 0.2) is 30.6 Å². The second-order valence-corrected chi connectivity index (χ2v) is 6.56. The fourth-order valence-corrected chi connectivity index (χ4v) is 2.71. The summed E-state index contributed by atoms with van der Waals surface area (Å²) in [7, 11) is 0. The minimum Gasteiger partial charge on any atom is -0.346 e. The highest BCUT2D eigenvalue weighted by Crippen LogP contribution is 2.40. The van der Waals surface area contributed by atoms with Gasteiger partial charge >= 0.3 is 5.69 Å².